The van der Waals surface area contributed by atoms with Gasteiger partial charge in [-0.25, -0.2) is 9.37 Å². The largest absolute Gasteiger partial charge is 0.439 e. The van der Waals surface area contributed by atoms with Crippen LogP contribution in [0, 0.1) is 11.7 Å². The molecule has 1 aliphatic rings. The Kier molecular flexibility index (Phi) is 6.98. The summed E-state index contributed by atoms with van der Waals surface area (Å²) in [5, 5.41) is 6.64. The Hall–Kier alpha value is -1.90. The van der Waals surface area contributed by atoms with Gasteiger partial charge in [-0.15, -0.1) is 24.0 Å². The number of pyridine rings is 1. The molecule has 134 valence electrons. The first-order valence-corrected chi connectivity index (χ1v) is 7.99. The predicted molar refractivity (Wildman–Crippen MR) is 107 cm³/mol. The number of aromatic nitrogens is 1. The van der Waals surface area contributed by atoms with Crippen LogP contribution in [0.25, 0.3) is 0 Å². The summed E-state index contributed by atoms with van der Waals surface area (Å²) in [5.41, 5.74) is 1.02. The van der Waals surface area contributed by atoms with Gasteiger partial charge >= 0.3 is 0 Å². The van der Waals surface area contributed by atoms with Crippen LogP contribution in [-0.4, -0.2) is 24.0 Å². The SMILES string of the molecule is CN=C(NCc1ccc(Oc2ccc(F)cc2)nc1)NC1CC1C.I. The first kappa shape index (κ1) is 19.4. The third kappa shape index (κ3) is 5.84. The van der Waals surface area contributed by atoms with Crippen molar-refractivity contribution in [3.8, 4) is 11.6 Å². The van der Waals surface area contributed by atoms with Gasteiger partial charge < -0.3 is 15.4 Å². The third-order valence-corrected chi connectivity index (χ3v) is 3.95. The average Bonchev–Trinajstić information content (AvgIpc) is 3.30. The minimum Gasteiger partial charge on any atom is -0.439 e. The lowest BCUT2D eigenvalue weighted by Gasteiger charge is -2.11. The number of ether oxygens (including phenoxy) is 1. The summed E-state index contributed by atoms with van der Waals surface area (Å²) in [6.45, 7) is 2.85. The quantitative estimate of drug-likeness (QED) is 0.410. The van der Waals surface area contributed by atoms with Gasteiger partial charge in [-0.3, -0.25) is 4.99 Å². The van der Waals surface area contributed by atoms with Crippen molar-refractivity contribution in [1.29, 1.82) is 0 Å². The number of hydrogen-bond acceptors (Lipinski definition) is 3. The highest BCUT2D eigenvalue weighted by molar-refractivity contribution is 14.0. The number of aliphatic imine (C=N–C) groups is 1. The van der Waals surface area contributed by atoms with Gasteiger partial charge in [0.05, 0.1) is 0 Å². The summed E-state index contributed by atoms with van der Waals surface area (Å²) in [6.07, 6.45) is 2.94. The molecule has 1 fully saturated rings. The second kappa shape index (κ2) is 8.98. The maximum Gasteiger partial charge on any atom is 0.219 e. The molecule has 2 atom stereocenters. The van der Waals surface area contributed by atoms with Crippen molar-refractivity contribution in [2.45, 2.75) is 25.9 Å². The van der Waals surface area contributed by atoms with E-state index in [4.69, 9.17) is 4.74 Å². The molecule has 1 aliphatic carbocycles. The first-order valence-electron chi connectivity index (χ1n) is 7.99. The van der Waals surface area contributed by atoms with Gasteiger partial charge in [0.25, 0.3) is 0 Å². The van der Waals surface area contributed by atoms with Crippen LogP contribution in [0.2, 0.25) is 0 Å². The Bertz CT molecular complexity index is 706. The minimum atomic E-state index is -0.292. The molecular formula is C18H22FIN4O. The zero-order chi connectivity index (χ0) is 16.9. The van der Waals surface area contributed by atoms with Gasteiger partial charge in [-0.2, -0.15) is 0 Å². The molecule has 1 aromatic carbocycles. The van der Waals surface area contributed by atoms with Crippen molar-refractivity contribution >= 4 is 29.9 Å². The molecule has 3 rings (SSSR count). The van der Waals surface area contributed by atoms with Crippen LogP contribution in [0.3, 0.4) is 0 Å². The molecule has 0 radical (unpaired) electrons. The molecule has 25 heavy (non-hydrogen) atoms. The summed E-state index contributed by atoms with van der Waals surface area (Å²) in [4.78, 5) is 8.49. The van der Waals surface area contributed by atoms with Crippen molar-refractivity contribution in [2.75, 3.05) is 7.05 Å². The van der Waals surface area contributed by atoms with Gasteiger partial charge in [-0.1, -0.05) is 13.0 Å². The number of halogens is 2. The molecule has 1 aromatic heterocycles. The fourth-order valence-corrected chi connectivity index (χ4v) is 2.28. The Labute approximate surface area is 164 Å². The van der Waals surface area contributed by atoms with Gasteiger partial charge in [0.15, 0.2) is 5.96 Å². The summed E-state index contributed by atoms with van der Waals surface area (Å²) >= 11 is 0. The van der Waals surface area contributed by atoms with E-state index in [1.165, 1.54) is 18.6 Å². The third-order valence-electron chi connectivity index (χ3n) is 3.95. The van der Waals surface area contributed by atoms with Gasteiger partial charge in [-0.05, 0) is 42.2 Å². The number of nitrogens with one attached hydrogen (secondary N) is 2. The fourth-order valence-electron chi connectivity index (χ4n) is 2.28. The van der Waals surface area contributed by atoms with Crippen molar-refractivity contribution < 1.29 is 9.13 Å². The lowest BCUT2D eigenvalue weighted by Crippen LogP contribution is -2.38. The Balaban J connectivity index is 0.00000225. The fraction of sp³-hybridized carbons (Fsp3) is 0.333. The highest BCUT2D eigenvalue weighted by Gasteiger charge is 2.33. The normalized spacial score (nSPS) is 18.9. The van der Waals surface area contributed by atoms with Crippen LogP contribution in [-0.2, 0) is 6.54 Å². The molecule has 1 saturated carbocycles. The molecule has 0 aliphatic heterocycles. The zero-order valence-electron chi connectivity index (χ0n) is 14.2. The average molecular weight is 456 g/mol. The number of nitrogens with zero attached hydrogens (tertiary/aromatic N) is 2. The van der Waals surface area contributed by atoms with E-state index in [9.17, 15) is 4.39 Å². The second-order valence-corrected chi connectivity index (χ2v) is 5.95. The molecule has 5 nitrogen and oxygen atoms in total. The van der Waals surface area contributed by atoms with E-state index in [1.807, 2.05) is 6.07 Å². The van der Waals surface area contributed by atoms with Crippen molar-refractivity contribution in [1.82, 2.24) is 15.6 Å². The van der Waals surface area contributed by atoms with E-state index in [-0.39, 0.29) is 29.8 Å². The topological polar surface area (TPSA) is 58.5 Å². The van der Waals surface area contributed by atoms with Crippen molar-refractivity contribution in [2.24, 2.45) is 10.9 Å². The van der Waals surface area contributed by atoms with E-state index in [1.54, 1.807) is 31.4 Å². The molecule has 2 N–H and O–H groups in total. The summed E-state index contributed by atoms with van der Waals surface area (Å²) < 4.78 is 18.4. The van der Waals surface area contributed by atoms with E-state index >= 15 is 0 Å². The second-order valence-electron chi connectivity index (χ2n) is 5.95. The number of hydrogen-bond donors (Lipinski definition) is 2. The van der Waals surface area contributed by atoms with Crippen molar-refractivity contribution in [3.63, 3.8) is 0 Å². The molecule has 2 aromatic rings. The van der Waals surface area contributed by atoms with Crippen LogP contribution in [0.15, 0.2) is 47.6 Å². The lowest BCUT2D eigenvalue weighted by atomic mass is 10.3. The molecule has 0 amide bonds. The van der Waals surface area contributed by atoms with Gasteiger partial charge in [0, 0.05) is 31.9 Å². The van der Waals surface area contributed by atoms with Crippen LogP contribution in [0.1, 0.15) is 18.9 Å². The summed E-state index contributed by atoms with van der Waals surface area (Å²) in [5.74, 6) is 2.25. The van der Waals surface area contributed by atoms with Crippen LogP contribution >= 0.6 is 24.0 Å². The number of benzene rings is 1. The summed E-state index contributed by atoms with van der Waals surface area (Å²) in [7, 11) is 1.76. The zero-order valence-corrected chi connectivity index (χ0v) is 16.5. The smallest absolute Gasteiger partial charge is 0.219 e. The standard InChI is InChI=1S/C18H21FN4O.HI/c1-12-9-16(12)23-18(20-2)22-11-13-3-8-17(21-10-13)24-15-6-4-14(19)5-7-15;/h3-8,10,12,16H,9,11H2,1-2H3,(H2,20,22,23);1H. The molecule has 7 heteroatoms. The molecular weight excluding hydrogens is 434 g/mol. The van der Waals surface area contributed by atoms with Crippen LogP contribution in [0.5, 0.6) is 11.6 Å². The molecule has 1 heterocycles. The molecule has 0 saturated heterocycles. The van der Waals surface area contributed by atoms with E-state index in [0.29, 0.717) is 30.1 Å². The highest BCUT2D eigenvalue weighted by Crippen LogP contribution is 2.28. The number of guanidine groups is 1. The van der Waals surface area contributed by atoms with Crippen LogP contribution < -0.4 is 15.4 Å². The van der Waals surface area contributed by atoms with E-state index in [0.717, 1.165) is 11.5 Å². The van der Waals surface area contributed by atoms with E-state index < -0.39 is 0 Å². The molecule has 0 spiro atoms. The minimum absolute atomic E-state index is 0. The van der Waals surface area contributed by atoms with Crippen molar-refractivity contribution in [3.05, 3.63) is 54.0 Å². The summed E-state index contributed by atoms with van der Waals surface area (Å²) in [6, 6.07) is 10.1. The van der Waals surface area contributed by atoms with Crippen LogP contribution in [0.4, 0.5) is 4.39 Å². The Morgan fingerprint density at radius 1 is 1.28 bits per heavy atom. The number of rotatable bonds is 5. The lowest BCUT2D eigenvalue weighted by molar-refractivity contribution is 0.461. The van der Waals surface area contributed by atoms with Gasteiger partial charge in [0.1, 0.15) is 11.6 Å². The van der Waals surface area contributed by atoms with E-state index in [2.05, 4.69) is 27.5 Å². The highest BCUT2D eigenvalue weighted by atomic mass is 127. The monoisotopic (exact) mass is 456 g/mol. The molecule has 0 bridgehead atoms. The Morgan fingerprint density at radius 3 is 2.56 bits per heavy atom. The predicted octanol–water partition coefficient (Wildman–Crippen LogP) is 3.70. The van der Waals surface area contributed by atoms with Gasteiger partial charge in [0.2, 0.25) is 5.88 Å². The first-order chi connectivity index (χ1) is 11.6. The maximum atomic E-state index is 12.9. The maximum absolute atomic E-state index is 12.9. The molecule has 2 unspecified atom stereocenters. The Morgan fingerprint density at radius 2 is 2.00 bits per heavy atom.